The van der Waals surface area contributed by atoms with Crippen molar-refractivity contribution in [2.75, 3.05) is 37.5 Å². The van der Waals surface area contributed by atoms with Crippen LogP contribution in [0.5, 0.6) is 5.75 Å². The number of amides is 2. The van der Waals surface area contributed by atoms with Crippen LogP contribution >= 0.6 is 11.3 Å². The number of benzene rings is 1. The molecule has 2 amide bonds. The van der Waals surface area contributed by atoms with Gasteiger partial charge in [-0.05, 0) is 49.4 Å². The lowest BCUT2D eigenvalue weighted by molar-refractivity contribution is -0.122. The van der Waals surface area contributed by atoms with Gasteiger partial charge < -0.3 is 14.4 Å². The molecule has 9 nitrogen and oxygen atoms in total. The number of nitrogens with one attached hydrogen (secondary N) is 1. The first-order valence-electron chi connectivity index (χ1n) is 13.6. The van der Waals surface area contributed by atoms with E-state index in [-0.39, 0.29) is 39.9 Å². The number of carbonyl (C=O) groups is 2. The molecule has 3 aromatic rings. The molecule has 1 aromatic carbocycles. The second-order valence-corrected chi connectivity index (χ2v) is 9.96. The molecule has 0 radical (unpaired) electrons. The largest absolute Gasteiger partial charge is 0.494 e. The number of alkyl halides is 2. The van der Waals surface area contributed by atoms with E-state index in [1.807, 2.05) is 0 Å². The van der Waals surface area contributed by atoms with E-state index in [2.05, 4.69) is 32.3 Å². The smallest absolute Gasteiger partial charge is 0.280 e. The van der Waals surface area contributed by atoms with Crippen LogP contribution in [-0.4, -0.2) is 54.3 Å². The molecule has 2 aliphatic rings. The summed E-state index contributed by atoms with van der Waals surface area (Å²) >= 11 is 1.07. The Labute approximate surface area is 231 Å². The molecule has 2 aromatic heterocycles. The Kier molecular flexibility index (Phi) is 6.73. The van der Waals surface area contributed by atoms with Crippen LogP contribution in [0.15, 0.2) is 30.5 Å². The summed E-state index contributed by atoms with van der Waals surface area (Å²) in [6, 6.07) is 4.97. The van der Waals surface area contributed by atoms with E-state index in [4.69, 9.17) is 13.6 Å². The van der Waals surface area contributed by atoms with E-state index in [0.29, 0.717) is 28.9 Å². The highest BCUT2D eigenvalue weighted by Crippen LogP contribution is 2.37. The summed E-state index contributed by atoms with van der Waals surface area (Å²) in [7, 11) is 1.30. The molecule has 1 N–H and O–H groups in total. The summed E-state index contributed by atoms with van der Waals surface area (Å²) in [6.07, 6.45) is 0.583. The number of carbonyl (C=O) groups excluding carboxylic acids is 2. The maximum absolute atomic E-state index is 13.7. The zero-order valence-electron chi connectivity index (χ0n) is 23.7. The molecule has 3 heterocycles. The van der Waals surface area contributed by atoms with Gasteiger partial charge in [0.15, 0.2) is 5.01 Å². The van der Waals surface area contributed by atoms with Crippen molar-refractivity contribution >= 4 is 34.0 Å². The van der Waals surface area contributed by atoms with Gasteiger partial charge in [0.2, 0.25) is 11.0 Å². The average Bonchev–Trinajstić information content (AvgIpc) is 3.40. The summed E-state index contributed by atoms with van der Waals surface area (Å²) in [6.45, 7) is -2.50. The molecule has 1 aliphatic carbocycles. The monoisotopic (exact) mass is 556 g/mol. The number of methoxy groups -OCH3 is 1. The fourth-order valence-electron chi connectivity index (χ4n) is 3.96. The molecule has 1 unspecified atom stereocenters. The zero-order valence-corrected chi connectivity index (χ0v) is 21.6. The first-order valence-corrected chi connectivity index (χ1v) is 12.9. The predicted molar refractivity (Wildman–Crippen MR) is 141 cm³/mol. The minimum atomic E-state index is -2.94. The molecule has 2 fully saturated rings. The van der Waals surface area contributed by atoms with Gasteiger partial charge in [-0.15, -0.1) is 10.2 Å². The first-order chi connectivity index (χ1) is 20.0. The van der Waals surface area contributed by atoms with Crippen LogP contribution < -0.4 is 15.0 Å². The van der Waals surface area contributed by atoms with Crippen molar-refractivity contribution in [3.8, 4) is 28.7 Å². The number of rotatable bonds is 7. The molecular weight excluding hydrogens is 528 g/mol. The van der Waals surface area contributed by atoms with Gasteiger partial charge in [0, 0.05) is 46.0 Å². The Bertz CT molecular complexity index is 1560. The maximum atomic E-state index is 13.7. The van der Waals surface area contributed by atoms with E-state index in [0.717, 1.165) is 36.4 Å². The van der Waals surface area contributed by atoms with E-state index in [1.54, 1.807) is 0 Å². The number of hydrogen-bond donors (Lipinski definition) is 1. The number of hydrogen-bond acceptors (Lipinski definition) is 8. The van der Waals surface area contributed by atoms with E-state index in [9.17, 15) is 18.4 Å². The van der Waals surface area contributed by atoms with Crippen molar-refractivity contribution in [2.24, 2.45) is 11.8 Å². The van der Waals surface area contributed by atoms with Crippen molar-refractivity contribution in [3.05, 3.63) is 46.7 Å². The summed E-state index contributed by atoms with van der Waals surface area (Å²) in [5.41, 5.74) is -0.590. The highest BCUT2D eigenvalue weighted by molar-refractivity contribution is 7.15. The standard InChI is InChI=1S/C27H25F2N5O4S/c1-34(26(36)16-9-10-38-14-16)17-6-7-18(19(11-17)20-12-21(24(28)29)30-13-22(20)37-2)25(35)31-27-33-32-23(39-27)8-5-15-3-4-15/h6-7,11-13,15-16,24H,3-4,9-10,14H2,1-2H3,(H,31,33,35)/i1D3. The Hall–Kier alpha value is -3.95. The number of ether oxygens (including phenoxy) is 2. The van der Waals surface area contributed by atoms with Crippen LogP contribution in [0.1, 0.15) is 50.9 Å². The maximum Gasteiger partial charge on any atom is 0.280 e. The van der Waals surface area contributed by atoms with E-state index in [1.165, 1.54) is 25.3 Å². The lowest BCUT2D eigenvalue weighted by Crippen LogP contribution is -2.33. The van der Waals surface area contributed by atoms with Crippen LogP contribution in [0.25, 0.3) is 11.1 Å². The molecule has 0 spiro atoms. The van der Waals surface area contributed by atoms with Crippen LogP contribution in [0.2, 0.25) is 0 Å². The van der Waals surface area contributed by atoms with Gasteiger partial charge in [-0.25, -0.2) is 8.78 Å². The third-order valence-electron chi connectivity index (χ3n) is 6.23. The van der Waals surface area contributed by atoms with Gasteiger partial charge in [0.25, 0.3) is 12.3 Å². The third-order valence-corrected chi connectivity index (χ3v) is 6.99. The lowest BCUT2D eigenvalue weighted by atomic mass is 9.97. The number of aromatic nitrogens is 3. The molecule has 0 bridgehead atoms. The van der Waals surface area contributed by atoms with Crippen molar-refractivity contribution in [2.45, 2.75) is 25.7 Å². The molecule has 5 rings (SSSR count). The molecule has 1 atom stereocenters. The van der Waals surface area contributed by atoms with Gasteiger partial charge in [0.05, 0.1) is 25.8 Å². The van der Waals surface area contributed by atoms with Gasteiger partial charge in [-0.3, -0.25) is 19.9 Å². The Balaban J connectivity index is 1.58. The van der Waals surface area contributed by atoms with Gasteiger partial charge in [-0.2, -0.15) is 0 Å². The van der Waals surface area contributed by atoms with Crippen LogP contribution in [0.3, 0.4) is 0 Å². The van der Waals surface area contributed by atoms with Gasteiger partial charge >= 0.3 is 0 Å². The lowest BCUT2D eigenvalue weighted by Gasteiger charge is -2.22. The van der Waals surface area contributed by atoms with Gasteiger partial charge in [0.1, 0.15) is 11.4 Å². The second kappa shape index (κ2) is 11.4. The number of anilines is 2. The quantitative estimate of drug-likeness (QED) is 0.425. The van der Waals surface area contributed by atoms with Gasteiger partial charge in [-0.1, -0.05) is 17.3 Å². The van der Waals surface area contributed by atoms with Crippen molar-refractivity contribution in [1.82, 2.24) is 15.2 Å². The van der Waals surface area contributed by atoms with E-state index >= 15 is 0 Å². The fraction of sp³-hybridized carbons (Fsp3) is 0.370. The summed E-state index contributed by atoms with van der Waals surface area (Å²) in [4.78, 5) is 31.2. The zero-order chi connectivity index (χ0) is 30.0. The summed E-state index contributed by atoms with van der Waals surface area (Å²) in [5.74, 6) is 4.36. The molecular formula is C27H25F2N5O4S. The molecule has 39 heavy (non-hydrogen) atoms. The number of pyridine rings is 1. The second-order valence-electron chi connectivity index (χ2n) is 8.98. The highest BCUT2D eigenvalue weighted by Gasteiger charge is 2.28. The SMILES string of the molecule is [2H]C([2H])([2H])N(C(=O)C1CCOC1)c1ccc(C(=O)Nc2nnc(C#CC3CC3)s2)c(-c2cc(C(F)F)ncc2OC)c1. The van der Waals surface area contributed by atoms with Crippen LogP contribution in [0.4, 0.5) is 19.6 Å². The number of halogens is 2. The normalized spacial score (nSPS) is 17.9. The minimum absolute atomic E-state index is 0.0218. The molecule has 1 saturated carbocycles. The Morgan fingerprint density at radius 3 is 2.79 bits per heavy atom. The third kappa shape index (κ3) is 6.05. The fourth-order valence-corrected chi connectivity index (χ4v) is 4.56. The number of nitrogens with zero attached hydrogens (tertiary/aromatic N) is 4. The Morgan fingerprint density at radius 2 is 2.10 bits per heavy atom. The van der Waals surface area contributed by atoms with Crippen molar-refractivity contribution < 1.29 is 32.0 Å². The topological polar surface area (TPSA) is 107 Å². The predicted octanol–water partition coefficient (Wildman–Crippen LogP) is 4.56. The van der Waals surface area contributed by atoms with Crippen LogP contribution in [-0.2, 0) is 9.53 Å². The summed E-state index contributed by atoms with van der Waals surface area (Å²) < 4.78 is 62.2. The molecule has 1 aliphatic heterocycles. The minimum Gasteiger partial charge on any atom is -0.494 e. The molecule has 202 valence electrons. The van der Waals surface area contributed by atoms with Crippen LogP contribution in [0, 0.1) is 23.7 Å². The van der Waals surface area contributed by atoms with E-state index < -0.39 is 36.8 Å². The summed E-state index contributed by atoms with van der Waals surface area (Å²) in [5, 5.41) is 11.2. The Morgan fingerprint density at radius 1 is 1.26 bits per heavy atom. The molecule has 1 saturated heterocycles. The first kappa shape index (κ1) is 23.0. The molecule has 12 heteroatoms. The van der Waals surface area contributed by atoms with Crippen molar-refractivity contribution in [1.29, 1.82) is 0 Å². The van der Waals surface area contributed by atoms with Crippen molar-refractivity contribution in [3.63, 3.8) is 0 Å². The average molecular weight is 557 g/mol. The highest BCUT2D eigenvalue weighted by atomic mass is 32.1.